The van der Waals surface area contributed by atoms with E-state index < -0.39 is 34.2 Å². The molecule has 0 radical (unpaired) electrons. The van der Waals surface area contributed by atoms with Crippen molar-refractivity contribution in [3.05, 3.63) is 28.2 Å². The number of hydrogen-bond acceptors (Lipinski definition) is 7. The molecule has 0 bridgehead atoms. The summed E-state index contributed by atoms with van der Waals surface area (Å²) < 4.78 is 42.4. The van der Waals surface area contributed by atoms with Crippen LogP contribution in [0, 0.1) is 0 Å². The molecule has 1 aliphatic heterocycles. The second-order valence-electron chi connectivity index (χ2n) is 6.82. The number of hydrogen-bond donors (Lipinski definition) is 0. The Balaban J connectivity index is 2.14. The first-order chi connectivity index (χ1) is 12.5. The molecule has 0 unspecified atom stereocenters. The number of morpholine rings is 1. The van der Waals surface area contributed by atoms with Gasteiger partial charge in [0.25, 0.3) is 0 Å². The van der Waals surface area contributed by atoms with Crippen LogP contribution in [0.1, 0.15) is 31.1 Å². The SMILES string of the molecule is CC(C)(C)OC(=O)COC(=O)c1ccc(Br)c(S(=O)(=O)N2CCOCC2)c1. The van der Waals surface area contributed by atoms with Gasteiger partial charge in [-0.25, -0.2) is 18.0 Å². The van der Waals surface area contributed by atoms with Crippen LogP contribution in [0.3, 0.4) is 0 Å². The van der Waals surface area contributed by atoms with Crippen molar-refractivity contribution in [2.24, 2.45) is 0 Å². The third kappa shape index (κ3) is 6.00. The van der Waals surface area contributed by atoms with E-state index in [0.717, 1.165) is 0 Å². The van der Waals surface area contributed by atoms with Gasteiger partial charge in [-0.2, -0.15) is 4.31 Å². The minimum atomic E-state index is -3.80. The first-order valence-electron chi connectivity index (χ1n) is 8.27. The summed E-state index contributed by atoms with van der Waals surface area (Å²) in [6.45, 7) is 5.64. The number of rotatable bonds is 5. The topological polar surface area (TPSA) is 99.2 Å². The van der Waals surface area contributed by atoms with Gasteiger partial charge in [0.05, 0.1) is 23.7 Å². The number of carbonyl (C=O) groups excluding carboxylic acids is 2. The lowest BCUT2D eigenvalue weighted by Crippen LogP contribution is -2.40. The Kier molecular flexibility index (Phi) is 7.01. The number of halogens is 1. The first-order valence-corrected chi connectivity index (χ1v) is 10.5. The lowest BCUT2D eigenvalue weighted by atomic mass is 10.2. The summed E-state index contributed by atoms with van der Waals surface area (Å²) in [5.74, 6) is -1.50. The summed E-state index contributed by atoms with van der Waals surface area (Å²) in [6, 6.07) is 4.10. The van der Waals surface area contributed by atoms with Crippen molar-refractivity contribution >= 4 is 37.9 Å². The Hall–Kier alpha value is -1.49. The lowest BCUT2D eigenvalue weighted by molar-refractivity contribution is -0.158. The molecule has 1 fully saturated rings. The molecule has 1 heterocycles. The van der Waals surface area contributed by atoms with Gasteiger partial charge in [-0.15, -0.1) is 0 Å². The fourth-order valence-electron chi connectivity index (χ4n) is 2.33. The lowest BCUT2D eigenvalue weighted by Gasteiger charge is -2.26. The molecule has 0 spiro atoms. The van der Waals surface area contributed by atoms with E-state index in [2.05, 4.69) is 15.9 Å². The van der Waals surface area contributed by atoms with E-state index in [4.69, 9.17) is 14.2 Å². The number of nitrogens with zero attached hydrogens (tertiary/aromatic N) is 1. The maximum Gasteiger partial charge on any atom is 0.344 e. The van der Waals surface area contributed by atoms with Crippen LogP contribution in [0.15, 0.2) is 27.6 Å². The van der Waals surface area contributed by atoms with Gasteiger partial charge in [0.1, 0.15) is 5.60 Å². The molecule has 0 aromatic heterocycles. The molecular formula is C17H22BrNO7S. The van der Waals surface area contributed by atoms with E-state index in [1.54, 1.807) is 20.8 Å². The van der Waals surface area contributed by atoms with Gasteiger partial charge >= 0.3 is 11.9 Å². The van der Waals surface area contributed by atoms with Gasteiger partial charge in [0.2, 0.25) is 10.0 Å². The second kappa shape index (κ2) is 8.68. The Morgan fingerprint density at radius 3 is 2.44 bits per heavy atom. The molecular weight excluding hydrogens is 442 g/mol. The molecule has 27 heavy (non-hydrogen) atoms. The van der Waals surface area contributed by atoms with Crippen molar-refractivity contribution in [1.29, 1.82) is 0 Å². The normalized spacial score (nSPS) is 16.0. The van der Waals surface area contributed by atoms with Crippen molar-refractivity contribution in [2.45, 2.75) is 31.3 Å². The third-order valence-electron chi connectivity index (χ3n) is 3.50. The molecule has 0 atom stereocenters. The average Bonchev–Trinajstić information content (AvgIpc) is 2.59. The standard InChI is InChI=1S/C17H22BrNO7S/c1-17(2,3)26-15(20)11-25-16(21)12-4-5-13(18)14(10-12)27(22,23)19-6-8-24-9-7-19/h4-5,10H,6-9,11H2,1-3H3. The van der Waals surface area contributed by atoms with Gasteiger partial charge < -0.3 is 14.2 Å². The molecule has 1 saturated heterocycles. The van der Waals surface area contributed by atoms with E-state index in [1.165, 1.54) is 22.5 Å². The van der Waals surface area contributed by atoms with Crippen LogP contribution in [0.5, 0.6) is 0 Å². The van der Waals surface area contributed by atoms with Crippen molar-refractivity contribution in [3.8, 4) is 0 Å². The van der Waals surface area contributed by atoms with Gasteiger partial charge in [-0.3, -0.25) is 0 Å². The van der Waals surface area contributed by atoms with E-state index in [-0.39, 0.29) is 23.5 Å². The predicted molar refractivity (Wildman–Crippen MR) is 99.8 cm³/mol. The van der Waals surface area contributed by atoms with Crippen LogP contribution in [0.4, 0.5) is 0 Å². The van der Waals surface area contributed by atoms with Gasteiger partial charge in [0, 0.05) is 17.6 Å². The summed E-state index contributed by atoms with van der Waals surface area (Å²) in [7, 11) is -3.80. The van der Waals surface area contributed by atoms with Crippen LogP contribution in [-0.2, 0) is 29.0 Å². The summed E-state index contributed by atoms with van der Waals surface area (Å²) in [4.78, 5) is 23.8. The summed E-state index contributed by atoms with van der Waals surface area (Å²) in [5, 5.41) is 0. The quantitative estimate of drug-likeness (QED) is 0.615. The molecule has 1 aliphatic rings. The molecule has 2 rings (SSSR count). The molecule has 0 N–H and O–H groups in total. The van der Waals surface area contributed by atoms with Crippen molar-refractivity contribution < 1.29 is 32.2 Å². The van der Waals surface area contributed by atoms with Crippen LogP contribution >= 0.6 is 15.9 Å². The van der Waals surface area contributed by atoms with E-state index in [0.29, 0.717) is 17.7 Å². The summed E-state index contributed by atoms with van der Waals surface area (Å²) in [5.41, 5.74) is -0.672. The number of sulfonamides is 1. The predicted octanol–water partition coefficient (Wildman–Crippen LogP) is 1.97. The van der Waals surface area contributed by atoms with Crippen LogP contribution < -0.4 is 0 Å². The van der Waals surface area contributed by atoms with Crippen LogP contribution in [-0.4, -0.2) is 63.2 Å². The smallest absolute Gasteiger partial charge is 0.344 e. The molecule has 150 valence electrons. The summed E-state index contributed by atoms with van der Waals surface area (Å²) in [6.07, 6.45) is 0. The van der Waals surface area contributed by atoms with Crippen LogP contribution in [0.2, 0.25) is 0 Å². The van der Waals surface area contributed by atoms with Crippen molar-refractivity contribution in [2.75, 3.05) is 32.9 Å². The molecule has 1 aromatic rings. The van der Waals surface area contributed by atoms with Crippen molar-refractivity contribution in [1.82, 2.24) is 4.31 Å². The minimum absolute atomic E-state index is 0.0218. The molecule has 0 amide bonds. The largest absolute Gasteiger partial charge is 0.457 e. The zero-order valence-corrected chi connectivity index (χ0v) is 17.8. The molecule has 0 saturated carbocycles. The van der Waals surface area contributed by atoms with Crippen LogP contribution in [0.25, 0.3) is 0 Å². The monoisotopic (exact) mass is 463 g/mol. The van der Waals surface area contributed by atoms with E-state index >= 15 is 0 Å². The first kappa shape index (κ1) is 21.8. The average molecular weight is 464 g/mol. The highest BCUT2D eigenvalue weighted by Crippen LogP contribution is 2.27. The highest BCUT2D eigenvalue weighted by atomic mass is 79.9. The molecule has 0 aliphatic carbocycles. The maximum absolute atomic E-state index is 12.8. The molecule has 1 aromatic carbocycles. The second-order valence-corrected chi connectivity index (χ2v) is 9.58. The Labute approximate surface area is 166 Å². The Morgan fingerprint density at radius 2 is 1.85 bits per heavy atom. The maximum atomic E-state index is 12.8. The zero-order chi connectivity index (χ0) is 20.2. The number of benzene rings is 1. The Bertz CT molecular complexity index is 811. The number of carbonyl (C=O) groups is 2. The van der Waals surface area contributed by atoms with Crippen molar-refractivity contribution in [3.63, 3.8) is 0 Å². The van der Waals surface area contributed by atoms with Gasteiger partial charge in [-0.1, -0.05) is 0 Å². The minimum Gasteiger partial charge on any atom is -0.457 e. The highest BCUT2D eigenvalue weighted by molar-refractivity contribution is 9.10. The molecule has 10 heteroatoms. The number of esters is 2. The van der Waals surface area contributed by atoms with Gasteiger partial charge in [-0.05, 0) is 54.9 Å². The third-order valence-corrected chi connectivity index (χ3v) is 6.39. The fourth-order valence-corrected chi connectivity index (χ4v) is 4.69. The van der Waals surface area contributed by atoms with E-state index in [1.807, 2.05) is 0 Å². The van der Waals surface area contributed by atoms with E-state index in [9.17, 15) is 18.0 Å². The number of ether oxygens (including phenoxy) is 3. The van der Waals surface area contributed by atoms with Gasteiger partial charge in [0.15, 0.2) is 6.61 Å². The zero-order valence-electron chi connectivity index (χ0n) is 15.4. The fraction of sp³-hybridized carbons (Fsp3) is 0.529. The molecule has 8 nitrogen and oxygen atoms in total. The highest BCUT2D eigenvalue weighted by Gasteiger charge is 2.29. The summed E-state index contributed by atoms with van der Waals surface area (Å²) >= 11 is 3.21. The Morgan fingerprint density at radius 1 is 1.22 bits per heavy atom.